The van der Waals surface area contributed by atoms with E-state index in [1.165, 1.54) is 4.57 Å². The van der Waals surface area contributed by atoms with Crippen molar-refractivity contribution in [3.63, 3.8) is 0 Å². The normalized spacial score (nSPS) is 25.8. The quantitative estimate of drug-likeness (QED) is 0.674. The van der Waals surface area contributed by atoms with Gasteiger partial charge in [0.1, 0.15) is 0 Å². The SMILES string of the molecule is CC1CCC1n1c(O)cc(=O)[nH]c1=O. The minimum absolute atomic E-state index is 0.0272. The first-order valence-corrected chi connectivity index (χ1v) is 4.64. The molecular formula is C9H12N2O3. The monoisotopic (exact) mass is 196 g/mol. The molecule has 1 aromatic heterocycles. The van der Waals surface area contributed by atoms with Gasteiger partial charge in [-0.25, -0.2) is 4.79 Å². The van der Waals surface area contributed by atoms with Crippen molar-refractivity contribution in [1.29, 1.82) is 0 Å². The molecule has 2 rings (SSSR count). The average Bonchev–Trinajstić information content (AvgIpc) is 2.08. The van der Waals surface area contributed by atoms with Crippen LogP contribution in [0.15, 0.2) is 15.7 Å². The molecule has 2 N–H and O–H groups in total. The van der Waals surface area contributed by atoms with Crippen LogP contribution in [0.3, 0.4) is 0 Å². The van der Waals surface area contributed by atoms with Crippen LogP contribution >= 0.6 is 0 Å². The Kier molecular flexibility index (Phi) is 1.94. The van der Waals surface area contributed by atoms with Gasteiger partial charge in [0.25, 0.3) is 5.56 Å². The van der Waals surface area contributed by atoms with Gasteiger partial charge in [-0.3, -0.25) is 14.3 Å². The minimum Gasteiger partial charge on any atom is -0.494 e. The highest BCUT2D eigenvalue weighted by Gasteiger charge is 2.30. The molecule has 0 spiro atoms. The fourth-order valence-corrected chi connectivity index (χ4v) is 1.85. The van der Waals surface area contributed by atoms with Crippen LogP contribution in [0.25, 0.3) is 0 Å². The summed E-state index contributed by atoms with van der Waals surface area (Å²) >= 11 is 0. The van der Waals surface area contributed by atoms with Crippen molar-refractivity contribution in [2.45, 2.75) is 25.8 Å². The van der Waals surface area contributed by atoms with Gasteiger partial charge in [-0.2, -0.15) is 0 Å². The maximum atomic E-state index is 11.4. The molecule has 1 heterocycles. The number of H-pyrrole nitrogens is 1. The first-order valence-electron chi connectivity index (χ1n) is 4.64. The Morgan fingerprint density at radius 1 is 1.50 bits per heavy atom. The third-order valence-electron chi connectivity index (χ3n) is 2.86. The Labute approximate surface area is 80.0 Å². The van der Waals surface area contributed by atoms with Crippen molar-refractivity contribution in [2.75, 3.05) is 0 Å². The summed E-state index contributed by atoms with van der Waals surface area (Å²) in [5.41, 5.74) is -1.08. The van der Waals surface area contributed by atoms with E-state index < -0.39 is 11.2 Å². The van der Waals surface area contributed by atoms with E-state index >= 15 is 0 Å². The smallest absolute Gasteiger partial charge is 0.331 e. The zero-order chi connectivity index (χ0) is 10.3. The topological polar surface area (TPSA) is 75.1 Å². The Balaban J connectivity index is 2.53. The number of nitrogens with zero attached hydrogens (tertiary/aromatic N) is 1. The molecule has 5 nitrogen and oxygen atoms in total. The number of aromatic hydroxyl groups is 1. The van der Waals surface area contributed by atoms with Crippen molar-refractivity contribution < 1.29 is 5.11 Å². The lowest BCUT2D eigenvalue weighted by Gasteiger charge is -2.35. The number of hydrogen-bond acceptors (Lipinski definition) is 3. The summed E-state index contributed by atoms with van der Waals surface area (Å²) < 4.78 is 1.26. The summed E-state index contributed by atoms with van der Waals surface area (Å²) in [6.07, 6.45) is 1.93. The van der Waals surface area contributed by atoms with Crippen LogP contribution in [0.1, 0.15) is 25.8 Å². The van der Waals surface area contributed by atoms with Crippen LogP contribution < -0.4 is 11.2 Å². The van der Waals surface area contributed by atoms with Crippen molar-refractivity contribution in [1.82, 2.24) is 9.55 Å². The molecule has 76 valence electrons. The molecule has 0 saturated heterocycles. The van der Waals surface area contributed by atoms with E-state index in [9.17, 15) is 14.7 Å². The van der Waals surface area contributed by atoms with Crippen molar-refractivity contribution >= 4 is 0 Å². The maximum absolute atomic E-state index is 11.4. The van der Waals surface area contributed by atoms with Crippen LogP contribution in [-0.4, -0.2) is 14.7 Å². The number of aromatic nitrogens is 2. The van der Waals surface area contributed by atoms with E-state index in [2.05, 4.69) is 4.98 Å². The van der Waals surface area contributed by atoms with Gasteiger partial charge in [-0.1, -0.05) is 6.92 Å². The summed E-state index contributed by atoms with van der Waals surface area (Å²) in [6, 6.07) is 1.06. The predicted molar refractivity (Wildman–Crippen MR) is 50.4 cm³/mol. The molecule has 14 heavy (non-hydrogen) atoms. The zero-order valence-electron chi connectivity index (χ0n) is 7.86. The summed E-state index contributed by atoms with van der Waals surface area (Å²) in [5.74, 6) is 0.139. The molecular weight excluding hydrogens is 184 g/mol. The summed E-state index contributed by atoms with van der Waals surface area (Å²) in [4.78, 5) is 24.4. The molecule has 1 saturated carbocycles. The van der Waals surface area contributed by atoms with Gasteiger partial charge >= 0.3 is 5.69 Å². The molecule has 0 bridgehead atoms. The molecule has 1 aliphatic carbocycles. The van der Waals surface area contributed by atoms with Gasteiger partial charge in [0.2, 0.25) is 5.88 Å². The molecule has 1 aliphatic rings. The molecule has 1 fully saturated rings. The maximum Gasteiger partial charge on any atom is 0.331 e. The highest BCUT2D eigenvalue weighted by atomic mass is 16.3. The minimum atomic E-state index is -0.560. The van der Waals surface area contributed by atoms with Crippen LogP contribution in [0.5, 0.6) is 5.88 Å². The number of aromatic amines is 1. The highest BCUT2D eigenvalue weighted by molar-refractivity contribution is 5.09. The second-order valence-corrected chi connectivity index (χ2v) is 3.79. The molecule has 5 heteroatoms. The number of rotatable bonds is 1. The number of hydrogen-bond donors (Lipinski definition) is 2. The summed E-state index contributed by atoms with van der Waals surface area (Å²) in [6.45, 7) is 2.02. The van der Waals surface area contributed by atoms with Gasteiger partial charge < -0.3 is 5.11 Å². The summed E-state index contributed by atoms with van der Waals surface area (Å²) in [7, 11) is 0. The largest absolute Gasteiger partial charge is 0.494 e. The van der Waals surface area contributed by atoms with Crippen LogP contribution in [0.4, 0.5) is 0 Å². The van der Waals surface area contributed by atoms with Crippen LogP contribution in [0, 0.1) is 5.92 Å². The Bertz CT molecular complexity index is 460. The standard InChI is InChI=1S/C9H12N2O3/c1-5-2-3-6(5)11-8(13)4-7(12)10-9(11)14/h4-6,13H,2-3H2,1H3,(H,10,12,14). The van der Waals surface area contributed by atoms with E-state index in [0.717, 1.165) is 18.9 Å². The van der Waals surface area contributed by atoms with Crippen LogP contribution in [0.2, 0.25) is 0 Å². The molecule has 2 atom stereocenters. The second kappa shape index (κ2) is 3.01. The molecule has 0 radical (unpaired) electrons. The van der Waals surface area contributed by atoms with Gasteiger partial charge in [0.15, 0.2) is 0 Å². The van der Waals surface area contributed by atoms with Crippen LogP contribution in [-0.2, 0) is 0 Å². The molecule has 2 unspecified atom stereocenters. The number of nitrogens with one attached hydrogen (secondary N) is 1. The van der Waals surface area contributed by atoms with E-state index in [4.69, 9.17) is 0 Å². The first-order chi connectivity index (χ1) is 6.59. The lowest BCUT2D eigenvalue weighted by molar-refractivity contribution is 0.178. The molecule has 1 aromatic rings. The van der Waals surface area contributed by atoms with Gasteiger partial charge in [0.05, 0.1) is 6.07 Å². The fourth-order valence-electron chi connectivity index (χ4n) is 1.85. The van der Waals surface area contributed by atoms with Gasteiger partial charge in [-0.15, -0.1) is 0 Å². The first kappa shape index (κ1) is 9.05. The van der Waals surface area contributed by atoms with E-state index in [1.807, 2.05) is 6.92 Å². The lowest BCUT2D eigenvalue weighted by Crippen LogP contribution is -2.38. The third kappa shape index (κ3) is 1.25. The second-order valence-electron chi connectivity index (χ2n) is 3.79. The molecule has 0 aliphatic heterocycles. The van der Waals surface area contributed by atoms with Crippen molar-refractivity contribution in [3.05, 3.63) is 26.9 Å². The molecule has 0 aromatic carbocycles. The Morgan fingerprint density at radius 3 is 2.64 bits per heavy atom. The van der Waals surface area contributed by atoms with E-state index in [1.54, 1.807) is 0 Å². The van der Waals surface area contributed by atoms with Crippen molar-refractivity contribution in [3.8, 4) is 5.88 Å². The Hall–Kier alpha value is -1.52. The highest BCUT2D eigenvalue weighted by Crippen LogP contribution is 2.38. The lowest BCUT2D eigenvalue weighted by atomic mass is 9.81. The predicted octanol–water partition coefficient (Wildman–Crippen LogP) is 0.213. The van der Waals surface area contributed by atoms with Gasteiger partial charge in [-0.05, 0) is 18.8 Å². The van der Waals surface area contributed by atoms with Crippen molar-refractivity contribution in [2.24, 2.45) is 5.92 Å². The zero-order valence-corrected chi connectivity index (χ0v) is 7.86. The van der Waals surface area contributed by atoms with E-state index in [-0.39, 0.29) is 11.9 Å². The fraction of sp³-hybridized carbons (Fsp3) is 0.556. The molecule has 0 amide bonds. The summed E-state index contributed by atoms with van der Waals surface area (Å²) in [5, 5.41) is 9.47. The average molecular weight is 196 g/mol. The third-order valence-corrected chi connectivity index (χ3v) is 2.86. The van der Waals surface area contributed by atoms with E-state index in [0.29, 0.717) is 5.92 Å². The Morgan fingerprint density at radius 2 is 2.21 bits per heavy atom. The van der Waals surface area contributed by atoms with Gasteiger partial charge in [0, 0.05) is 6.04 Å².